The molecule has 0 bridgehead atoms. The van der Waals surface area contributed by atoms with Crippen LogP contribution in [0, 0.1) is 5.92 Å². The summed E-state index contributed by atoms with van der Waals surface area (Å²) < 4.78 is 40.6. The van der Waals surface area contributed by atoms with Crippen LogP contribution < -0.4 is 4.74 Å². The minimum atomic E-state index is -4.72. The molecule has 7 heteroatoms. The zero-order valence-electron chi connectivity index (χ0n) is 14.3. The van der Waals surface area contributed by atoms with Gasteiger partial charge in [0.2, 0.25) is 0 Å². The number of rotatable bonds is 5. The molecule has 1 atom stereocenters. The van der Waals surface area contributed by atoms with Gasteiger partial charge in [-0.25, -0.2) is 0 Å². The standard InChI is InChI=1S/C19H19F3O3S/c1-3-17(12-5-7-16(8-6-12)25-19(20,21)22)26-18(4-2)13-9-14(23)11-15(24)10-13/h3-8,11,13,23H,9-10H2,1-2H3/b17-3-,18-4-. The molecule has 0 radical (unpaired) electrons. The number of halogens is 3. The number of alkyl halides is 3. The molecule has 0 saturated carbocycles. The molecule has 1 aromatic rings. The van der Waals surface area contributed by atoms with E-state index in [-0.39, 0.29) is 23.2 Å². The fourth-order valence-corrected chi connectivity index (χ4v) is 3.76. The van der Waals surface area contributed by atoms with Gasteiger partial charge in [0.05, 0.1) is 5.76 Å². The smallest absolute Gasteiger partial charge is 0.512 e. The van der Waals surface area contributed by atoms with Gasteiger partial charge >= 0.3 is 6.36 Å². The fraction of sp³-hybridized carbons (Fsp3) is 0.316. The van der Waals surface area contributed by atoms with Gasteiger partial charge in [0.1, 0.15) is 5.75 Å². The third-order valence-corrected chi connectivity index (χ3v) is 5.28. The Hall–Kier alpha value is -2.15. The molecule has 0 fully saturated rings. The van der Waals surface area contributed by atoms with Crippen molar-refractivity contribution in [1.82, 2.24) is 0 Å². The number of carbonyl (C=O) groups excluding carboxylic acids is 1. The average molecular weight is 384 g/mol. The van der Waals surface area contributed by atoms with Crippen molar-refractivity contribution in [2.24, 2.45) is 5.92 Å². The van der Waals surface area contributed by atoms with E-state index in [9.17, 15) is 23.1 Å². The quantitative estimate of drug-likeness (QED) is 0.676. The molecule has 1 unspecified atom stereocenters. The lowest BCUT2D eigenvalue weighted by atomic mass is 9.91. The number of ketones is 1. The largest absolute Gasteiger partial charge is 0.573 e. The molecule has 0 heterocycles. The van der Waals surface area contributed by atoms with Crippen molar-refractivity contribution in [1.29, 1.82) is 0 Å². The third kappa shape index (κ3) is 5.69. The lowest BCUT2D eigenvalue weighted by Crippen LogP contribution is -2.17. The van der Waals surface area contributed by atoms with Gasteiger partial charge in [-0.2, -0.15) is 0 Å². The van der Waals surface area contributed by atoms with Crippen LogP contribution >= 0.6 is 11.8 Å². The normalized spacial score (nSPS) is 19.3. The lowest BCUT2D eigenvalue weighted by Gasteiger charge is -2.22. The molecule has 26 heavy (non-hydrogen) atoms. The van der Waals surface area contributed by atoms with E-state index in [1.165, 1.54) is 30.0 Å². The van der Waals surface area contributed by atoms with Gasteiger partial charge in [-0.15, -0.1) is 13.2 Å². The van der Waals surface area contributed by atoms with Crippen molar-refractivity contribution in [2.45, 2.75) is 33.1 Å². The highest BCUT2D eigenvalue weighted by Crippen LogP contribution is 2.41. The summed E-state index contributed by atoms with van der Waals surface area (Å²) in [7, 11) is 0. The first-order chi connectivity index (χ1) is 12.2. The highest BCUT2D eigenvalue weighted by atomic mass is 32.2. The first kappa shape index (κ1) is 20.2. The zero-order valence-corrected chi connectivity index (χ0v) is 15.2. The van der Waals surface area contributed by atoms with Crippen LogP contribution in [0.3, 0.4) is 0 Å². The monoisotopic (exact) mass is 384 g/mol. The molecule has 1 aliphatic carbocycles. The van der Waals surface area contributed by atoms with Crippen LogP contribution in [-0.4, -0.2) is 17.3 Å². The van der Waals surface area contributed by atoms with Gasteiger partial charge in [0.25, 0.3) is 0 Å². The van der Waals surface area contributed by atoms with Crippen LogP contribution in [0.4, 0.5) is 13.2 Å². The summed E-state index contributed by atoms with van der Waals surface area (Å²) in [5.41, 5.74) is 0.744. The van der Waals surface area contributed by atoms with Crippen molar-refractivity contribution < 1.29 is 27.8 Å². The number of allylic oxidation sites excluding steroid dienone is 5. The predicted molar refractivity (Wildman–Crippen MR) is 96.6 cm³/mol. The van der Waals surface area contributed by atoms with Crippen LogP contribution in [0.1, 0.15) is 32.3 Å². The van der Waals surface area contributed by atoms with Crippen molar-refractivity contribution >= 4 is 22.5 Å². The number of aliphatic hydroxyl groups excluding tert-OH is 1. The molecule has 0 aromatic heterocycles. The van der Waals surface area contributed by atoms with Gasteiger partial charge in [-0.3, -0.25) is 4.79 Å². The number of aliphatic hydroxyl groups is 1. The zero-order chi connectivity index (χ0) is 19.3. The number of hydrogen-bond donors (Lipinski definition) is 1. The van der Waals surface area contributed by atoms with Gasteiger partial charge in [-0.1, -0.05) is 36.0 Å². The SMILES string of the molecule is C/C=C(\S/C(=C\C)C1CC(=O)C=C(O)C1)c1ccc(OC(F)(F)F)cc1. The topological polar surface area (TPSA) is 46.5 Å². The Morgan fingerprint density at radius 3 is 2.35 bits per heavy atom. The first-order valence-corrected chi connectivity index (χ1v) is 8.82. The molecule has 1 aliphatic rings. The van der Waals surface area contributed by atoms with E-state index in [4.69, 9.17) is 0 Å². The molecule has 0 aliphatic heterocycles. The molecular weight excluding hydrogens is 365 g/mol. The summed E-state index contributed by atoms with van der Waals surface area (Å²) >= 11 is 1.44. The van der Waals surface area contributed by atoms with Gasteiger partial charge in [0.15, 0.2) is 5.78 Å². The van der Waals surface area contributed by atoms with Crippen LogP contribution in [0.5, 0.6) is 5.75 Å². The molecule has 1 N–H and O–H groups in total. The summed E-state index contributed by atoms with van der Waals surface area (Å²) in [6.45, 7) is 3.69. The Kier molecular flexibility index (Phi) is 6.58. The van der Waals surface area contributed by atoms with Crippen LogP contribution in [0.25, 0.3) is 4.91 Å². The second-order valence-corrected chi connectivity index (χ2v) is 6.84. The average Bonchev–Trinajstić information content (AvgIpc) is 2.54. The van der Waals surface area contributed by atoms with Crippen molar-refractivity contribution in [3.63, 3.8) is 0 Å². The van der Waals surface area contributed by atoms with E-state index in [1.54, 1.807) is 12.1 Å². The van der Waals surface area contributed by atoms with Gasteiger partial charge in [-0.05, 0) is 36.4 Å². The minimum absolute atomic E-state index is 0.0712. The van der Waals surface area contributed by atoms with E-state index >= 15 is 0 Å². The van der Waals surface area contributed by atoms with E-state index in [0.29, 0.717) is 12.8 Å². The molecule has 2 rings (SSSR count). The summed E-state index contributed by atoms with van der Waals surface area (Å²) in [6, 6.07) is 5.64. The first-order valence-electron chi connectivity index (χ1n) is 8.00. The van der Waals surface area contributed by atoms with Gasteiger partial charge in [0, 0.05) is 29.7 Å². The van der Waals surface area contributed by atoms with E-state index in [0.717, 1.165) is 15.4 Å². The minimum Gasteiger partial charge on any atom is -0.512 e. The Balaban J connectivity index is 2.13. The second kappa shape index (κ2) is 8.49. The van der Waals surface area contributed by atoms with Crippen molar-refractivity contribution in [3.8, 4) is 5.75 Å². The van der Waals surface area contributed by atoms with Gasteiger partial charge < -0.3 is 9.84 Å². The summed E-state index contributed by atoms with van der Waals surface area (Å²) in [5.74, 6) is -0.428. The molecule has 140 valence electrons. The third-order valence-electron chi connectivity index (χ3n) is 3.78. The second-order valence-electron chi connectivity index (χ2n) is 5.73. The maximum absolute atomic E-state index is 12.3. The highest BCUT2D eigenvalue weighted by Gasteiger charge is 2.31. The van der Waals surface area contributed by atoms with E-state index < -0.39 is 6.36 Å². The molecule has 0 amide bonds. The van der Waals surface area contributed by atoms with Crippen molar-refractivity contribution in [3.05, 3.63) is 58.7 Å². The summed E-state index contributed by atoms with van der Waals surface area (Å²) in [4.78, 5) is 13.5. The number of ether oxygens (including phenoxy) is 1. The summed E-state index contributed by atoms with van der Waals surface area (Å²) in [5, 5.41) is 9.71. The molecular formula is C19H19F3O3S. The summed E-state index contributed by atoms with van der Waals surface area (Å²) in [6.07, 6.45) is 1.01. The number of benzene rings is 1. The van der Waals surface area contributed by atoms with Crippen molar-refractivity contribution in [2.75, 3.05) is 0 Å². The number of carbonyl (C=O) groups is 1. The fourth-order valence-electron chi connectivity index (χ4n) is 2.68. The Morgan fingerprint density at radius 2 is 1.85 bits per heavy atom. The van der Waals surface area contributed by atoms with Crippen LogP contribution in [-0.2, 0) is 4.79 Å². The Labute approximate surface area is 154 Å². The maximum atomic E-state index is 12.3. The number of hydrogen-bond acceptors (Lipinski definition) is 4. The Bertz CT molecular complexity index is 746. The molecule has 3 nitrogen and oxygen atoms in total. The maximum Gasteiger partial charge on any atom is 0.573 e. The van der Waals surface area contributed by atoms with Crippen LogP contribution in [0.15, 0.2) is 53.2 Å². The number of thioether (sulfide) groups is 1. The molecule has 0 saturated heterocycles. The Morgan fingerprint density at radius 1 is 1.19 bits per heavy atom. The predicted octanol–water partition coefficient (Wildman–Crippen LogP) is 6.00. The molecule has 0 spiro atoms. The lowest BCUT2D eigenvalue weighted by molar-refractivity contribution is -0.274. The molecule has 1 aromatic carbocycles. The van der Waals surface area contributed by atoms with E-state index in [2.05, 4.69) is 4.74 Å². The van der Waals surface area contributed by atoms with Crippen LogP contribution in [0.2, 0.25) is 0 Å². The highest BCUT2D eigenvalue weighted by molar-refractivity contribution is 8.11. The van der Waals surface area contributed by atoms with E-state index in [1.807, 2.05) is 26.0 Å².